The molecule has 0 atom stereocenters. The van der Waals surface area contributed by atoms with Crippen molar-refractivity contribution >= 4 is 0 Å². The van der Waals surface area contributed by atoms with Crippen molar-refractivity contribution in [3.05, 3.63) is 0 Å². The topological polar surface area (TPSA) is 66.5 Å². The van der Waals surface area contributed by atoms with E-state index >= 15 is 0 Å². The lowest BCUT2D eigenvalue weighted by Gasteiger charge is -2.23. The zero-order chi connectivity index (χ0) is 10.9. The fourth-order valence-electron chi connectivity index (χ4n) is 1.72. The van der Waals surface area contributed by atoms with Gasteiger partial charge in [0.2, 0.25) is 0 Å². The summed E-state index contributed by atoms with van der Waals surface area (Å²) < 4.78 is 1.12. The van der Waals surface area contributed by atoms with E-state index < -0.39 is 0 Å². The van der Waals surface area contributed by atoms with Crippen LogP contribution in [-0.4, -0.2) is 37.6 Å². The van der Waals surface area contributed by atoms with Crippen molar-refractivity contribution in [2.45, 2.75) is 58.3 Å². The van der Waals surface area contributed by atoms with Gasteiger partial charge in [-0.25, -0.2) is 0 Å². The molecule has 3 nitrogen and oxygen atoms in total. The van der Waals surface area contributed by atoms with Gasteiger partial charge in [-0.2, -0.15) is 0 Å². The summed E-state index contributed by atoms with van der Waals surface area (Å²) in [6, 6.07) is 0. The molecule has 0 unspecified atom stereocenters. The smallest absolute Gasteiger partial charge is 0.0780 e. The molecule has 0 fully saturated rings. The second-order valence-electron chi connectivity index (χ2n) is 5.49. The third-order valence-electron chi connectivity index (χ3n) is 2.68. The SMILES string of the molecule is CCCCCCCCCC[N+](C)(C)C.N.O. The first-order valence-electron chi connectivity index (χ1n) is 6.36. The van der Waals surface area contributed by atoms with Crippen molar-refractivity contribution in [1.29, 1.82) is 0 Å². The molecule has 0 rings (SSSR count). The number of hydrogen-bond acceptors (Lipinski definition) is 1. The van der Waals surface area contributed by atoms with E-state index in [0.29, 0.717) is 0 Å². The molecule has 5 N–H and O–H groups in total. The van der Waals surface area contributed by atoms with Gasteiger partial charge in [-0.05, 0) is 12.8 Å². The van der Waals surface area contributed by atoms with Crippen molar-refractivity contribution in [3.8, 4) is 0 Å². The molecular weight excluding hydrogens is 200 g/mol. The highest BCUT2D eigenvalue weighted by molar-refractivity contribution is 4.45. The molecule has 0 aromatic rings. The molecule has 0 radical (unpaired) electrons. The molecule has 0 aliphatic rings. The van der Waals surface area contributed by atoms with E-state index in [-0.39, 0.29) is 11.6 Å². The lowest BCUT2D eigenvalue weighted by atomic mass is 10.1. The monoisotopic (exact) mass is 235 g/mol. The molecule has 0 amide bonds. The van der Waals surface area contributed by atoms with Gasteiger partial charge in [-0.15, -0.1) is 0 Å². The minimum atomic E-state index is 0. The summed E-state index contributed by atoms with van der Waals surface area (Å²) in [5.74, 6) is 0. The standard InChI is InChI=1S/C13H30N.H3N.H2O/c1-5-6-7-8-9-10-11-12-13-14(2,3)4;;/h5-13H2,1-4H3;1H3;1H2/q+1;;. The van der Waals surface area contributed by atoms with Crippen LogP contribution >= 0.6 is 0 Å². The summed E-state index contributed by atoms with van der Waals surface area (Å²) in [4.78, 5) is 0. The number of unbranched alkanes of at least 4 members (excludes halogenated alkanes) is 7. The first-order chi connectivity index (χ1) is 6.56. The molecule has 16 heavy (non-hydrogen) atoms. The summed E-state index contributed by atoms with van der Waals surface area (Å²) in [5.41, 5.74) is 0. The van der Waals surface area contributed by atoms with Crippen LogP contribution in [0.15, 0.2) is 0 Å². The highest BCUT2D eigenvalue weighted by atomic mass is 16.0. The van der Waals surface area contributed by atoms with Gasteiger partial charge < -0.3 is 16.1 Å². The summed E-state index contributed by atoms with van der Waals surface area (Å²) in [5, 5.41) is 0. The van der Waals surface area contributed by atoms with E-state index in [4.69, 9.17) is 0 Å². The lowest BCUT2D eigenvalue weighted by molar-refractivity contribution is -0.870. The predicted molar refractivity (Wildman–Crippen MR) is 74.1 cm³/mol. The normalized spacial score (nSPS) is 10.5. The minimum Gasteiger partial charge on any atom is -0.412 e. The van der Waals surface area contributed by atoms with Gasteiger partial charge in [0.15, 0.2) is 0 Å². The summed E-state index contributed by atoms with van der Waals surface area (Å²) in [7, 11) is 6.84. The van der Waals surface area contributed by atoms with Gasteiger partial charge in [0.25, 0.3) is 0 Å². The zero-order valence-electron chi connectivity index (χ0n) is 12.0. The van der Waals surface area contributed by atoms with Crippen molar-refractivity contribution < 1.29 is 9.96 Å². The second-order valence-corrected chi connectivity index (χ2v) is 5.49. The quantitative estimate of drug-likeness (QED) is 0.484. The Morgan fingerprint density at radius 3 is 1.44 bits per heavy atom. The second kappa shape index (κ2) is 12.9. The van der Waals surface area contributed by atoms with Crippen LogP contribution in [0, 0.1) is 0 Å². The molecule has 0 spiro atoms. The van der Waals surface area contributed by atoms with Crippen LogP contribution in [-0.2, 0) is 0 Å². The molecule has 0 aliphatic heterocycles. The Morgan fingerprint density at radius 1 is 0.688 bits per heavy atom. The number of nitrogens with zero attached hydrogens (tertiary/aromatic N) is 1. The number of hydrogen-bond donors (Lipinski definition) is 1. The Labute approximate surface area is 103 Å². The van der Waals surface area contributed by atoms with Gasteiger partial charge in [-0.3, -0.25) is 0 Å². The maximum Gasteiger partial charge on any atom is 0.0780 e. The zero-order valence-corrected chi connectivity index (χ0v) is 12.0. The van der Waals surface area contributed by atoms with Crippen LogP contribution in [0.5, 0.6) is 0 Å². The van der Waals surface area contributed by atoms with Gasteiger partial charge in [0, 0.05) is 0 Å². The highest BCUT2D eigenvalue weighted by Gasteiger charge is 2.04. The largest absolute Gasteiger partial charge is 0.412 e. The first-order valence-corrected chi connectivity index (χ1v) is 6.36. The summed E-state index contributed by atoms with van der Waals surface area (Å²) in [6.45, 7) is 3.61. The van der Waals surface area contributed by atoms with Crippen LogP contribution in [0.25, 0.3) is 0 Å². The Morgan fingerprint density at radius 2 is 1.06 bits per heavy atom. The Kier molecular flexibility index (Phi) is 17.2. The average Bonchev–Trinajstić information content (AvgIpc) is 2.08. The summed E-state index contributed by atoms with van der Waals surface area (Å²) in [6.07, 6.45) is 11.4. The van der Waals surface area contributed by atoms with Gasteiger partial charge in [0.05, 0.1) is 27.7 Å². The van der Waals surface area contributed by atoms with E-state index in [1.165, 1.54) is 57.9 Å². The number of quaternary nitrogens is 1. The fraction of sp³-hybridized carbons (Fsp3) is 1.00. The van der Waals surface area contributed by atoms with E-state index in [1.807, 2.05) is 0 Å². The summed E-state index contributed by atoms with van der Waals surface area (Å²) >= 11 is 0. The molecule has 3 heteroatoms. The molecule has 0 saturated heterocycles. The number of rotatable bonds is 9. The van der Waals surface area contributed by atoms with Crippen LogP contribution < -0.4 is 6.15 Å². The van der Waals surface area contributed by atoms with Crippen LogP contribution in [0.4, 0.5) is 0 Å². The van der Waals surface area contributed by atoms with Crippen LogP contribution in [0.1, 0.15) is 58.3 Å². The van der Waals surface area contributed by atoms with Crippen LogP contribution in [0.3, 0.4) is 0 Å². The minimum absolute atomic E-state index is 0. The Hall–Kier alpha value is -0.120. The molecule has 0 aliphatic carbocycles. The Bertz CT molecular complexity index is 122. The molecule has 0 aromatic heterocycles. The molecular formula is C13H35N2O+. The highest BCUT2D eigenvalue weighted by Crippen LogP contribution is 2.09. The van der Waals surface area contributed by atoms with Crippen molar-refractivity contribution in [3.63, 3.8) is 0 Å². The molecule has 0 saturated carbocycles. The van der Waals surface area contributed by atoms with Crippen molar-refractivity contribution in [1.82, 2.24) is 6.15 Å². The van der Waals surface area contributed by atoms with Gasteiger partial charge in [0.1, 0.15) is 0 Å². The fourth-order valence-corrected chi connectivity index (χ4v) is 1.72. The first kappa shape index (κ1) is 21.2. The maximum absolute atomic E-state index is 2.28. The van der Waals surface area contributed by atoms with E-state index in [0.717, 1.165) is 4.48 Å². The van der Waals surface area contributed by atoms with E-state index in [2.05, 4.69) is 28.1 Å². The van der Waals surface area contributed by atoms with Gasteiger partial charge in [-0.1, -0.05) is 45.4 Å². The molecule has 0 aromatic carbocycles. The predicted octanol–water partition coefficient (Wildman–Crippen LogP) is 3.17. The average molecular weight is 235 g/mol. The molecule has 0 heterocycles. The van der Waals surface area contributed by atoms with Crippen molar-refractivity contribution in [2.24, 2.45) is 0 Å². The Balaban J connectivity index is -0.000000845. The van der Waals surface area contributed by atoms with E-state index in [9.17, 15) is 0 Å². The van der Waals surface area contributed by atoms with Gasteiger partial charge >= 0.3 is 0 Å². The molecule has 0 bridgehead atoms. The third kappa shape index (κ3) is 19.5. The van der Waals surface area contributed by atoms with Crippen LogP contribution in [0.2, 0.25) is 0 Å². The van der Waals surface area contributed by atoms with Crippen molar-refractivity contribution in [2.75, 3.05) is 27.7 Å². The molecule has 102 valence electrons. The van der Waals surface area contributed by atoms with E-state index in [1.54, 1.807) is 0 Å². The maximum atomic E-state index is 2.28. The lowest BCUT2D eigenvalue weighted by Crippen LogP contribution is -2.35. The third-order valence-corrected chi connectivity index (χ3v) is 2.68.